The van der Waals surface area contributed by atoms with Gasteiger partial charge in [-0.2, -0.15) is 0 Å². The van der Waals surface area contributed by atoms with Crippen LogP contribution in [0.15, 0.2) is 11.6 Å². The number of amides is 2. The molecular formula is C15H24N4O2S. The van der Waals surface area contributed by atoms with Gasteiger partial charge in [0.1, 0.15) is 5.60 Å². The van der Waals surface area contributed by atoms with Gasteiger partial charge in [-0.3, -0.25) is 0 Å². The van der Waals surface area contributed by atoms with Crippen molar-refractivity contribution in [3.63, 3.8) is 0 Å². The molecule has 3 heterocycles. The Morgan fingerprint density at radius 3 is 3.05 bits per heavy atom. The lowest BCUT2D eigenvalue weighted by Crippen LogP contribution is -2.62. The number of rotatable bonds is 2. The third kappa shape index (κ3) is 3.35. The van der Waals surface area contributed by atoms with E-state index in [1.165, 1.54) is 0 Å². The van der Waals surface area contributed by atoms with Crippen molar-refractivity contribution in [1.29, 1.82) is 0 Å². The molecule has 22 heavy (non-hydrogen) atoms. The SMILES string of the molecule is CC(C)NC(=O)N1CCOC2(CCCN(c3nccs3)C2)C1. The van der Waals surface area contributed by atoms with Crippen molar-refractivity contribution in [2.75, 3.05) is 37.7 Å². The summed E-state index contributed by atoms with van der Waals surface area (Å²) in [5, 5.41) is 6.03. The molecule has 6 nitrogen and oxygen atoms in total. The molecule has 0 radical (unpaired) electrons. The zero-order valence-corrected chi connectivity index (χ0v) is 14.1. The second-order valence-electron chi connectivity index (χ2n) is 6.40. The maximum Gasteiger partial charge on any atom is 0.317 e. The van der Waals surface area contributed by atoms with E-state index in [1.54, 1.807) is 11.3 Å². The molecule has 2 amide bonds. The Morgan fingerprint density at radius 1 is 1.45 bits per heavy atom. The molecule has 1 spiro atoms. The third-order valence-electron chi connectivity index (χ3n) is 4.18. The van der Waals surface area contributed by atoms with Gasteiger partial charge in [-0.15, -0.1) is 11.3 Å². The molecule has 122 valence electrons. The van der Waals surface area contributed by atoms with Crippen molar-refractivity contribution >= 4 is 22.5 Å². The van der Waals surface area contributed by atoms with E-state index in [4.69, 9.17) is 4.74 Å². The molecule has 1 aromatic rings. The van der Waals surface area contributed by atoms with Gasteiger partial charge >= 0.3 is 6.03 Å². The number of thiazole rings is 1. The fraction of sp³-hybridized carbons (Fsp3) is 0.733. The van der Waals surface area contributed by atoms with Crippen molar-refractivity contribution in [3.05, 3.63) is 11.6 Å². The summed E-state index contributed by atoms with van der Waals surface area (Å²) < 4.78 is 6.13. The Balaban J connectivity index is 1.68. The Bertz CT molecular complexity index is 504. The van der Waals surface area contributed by atoms with Gasteiger partial charge in [0.05, 0.1) is 19.7 Å². The van der Waals surface area contributed by atoms with Gasteiger partial charge in [0.2, 0.25) is 0 Å². The van der Waals surface area contributed by atoms with E-state index in [1.807, 2.05) is 30.3 Å². The van der Waals surface area contributed by atoms with Crippen LogP contribution in [-0.4, -0.2) is 60.3 Å². The summed E-state index contributed by atoms with van der Waals surface area (Å²) in [4.78, 5) is 20.9. The van der Waals surface area contributed by atoms with Gasteiger partial charge in [0.15, 0.2) is 5.13 Å². The number of urea groups is 1. The van der Waals surface area contributed by atoms with Crippen molar-refractivity contribution in [2.24, 2.45) is 0 Å². The summed E-state index contributed by atoms with van der Waals surface area (Å²) in [6, 6.07) is 0.175. The number of nitrogens with zero attached hydrogens (tertiary/aromatic N) is 3. The maximum atomic E-state index is 12.3. The van der Waals surface area contributed by atoms with E-state index in [0.717, 1.165) is 31.1 Å². The zero-order chi connectivity index (χ0) is 15.6. The predicted octanol–water partition coefficient (Wildman–Crippen LogP) is 1.93. The van der Waals surface area contributed by atoms with Gasteiger partial charge in [0, 0.05) is 30.7 Å². The minimum atomic E-state index is -0.253. The number of hydrogen-bond donors (Lipinski definition) is 1. The smallest absolute Gasteiger partial charge is 0.317 e. The molecule has 1 aromatic heterocycles. The standard InChI is InChI=1S/C15H24N4O2S/c1-12(2)17-13(20)18-7-8-21-15(10-18)4-3-6-19(11-15)14-16-5-9-22-14/h5,9,12H,3-4,6-8,10-11H2,1-2H3,(H,17,20). The quantitative estimate of drug-likeness (QED) is 0.903. The first-order valence-electron chi connectivity index (χ1n) is 7.92. The highest BCUT2D eigenvalue weighted by molar-refractivity contribution is 7.13. The number of nitrogens with one attached hydrogen (secondary N) is 1. The van der Waals surface area contributed by atoms with Gasteiger partial charge < -0.3 is 19.9 Å². The lowest BCUT2D eigenvalue weighted by Gasteiger charge is -2.48. The summed E-state index contributed by atoms with van der Waals surface area (Å²) in [5.74, 6) is 0. The van der Waals surface area contributed by atoms with Crippen molar-refractivity contribution < 1.29 is 9.53 Å². The molecule has 0 aliphatic carbocycles. The van der Waals surface area contributed by atoms with Crippen LogP contribution in [0.25, 0.3) is 0 Å². The molecular weight excluding hydrogens is 300 g/mol. The summed E-state index contributed by atoms with van der Waals surface area (Å²) in [5.41, 5.74) is -0.253. The molecule has 2 aliphatic rings. The summed E-state index contributed by atoms with van der Waals surface area (Å²) in [6.45, 7) is 7.73. The monoisotopic (exact) mass is 324 g/mol. The Kier molecular flexibility index (Phi) is 4.54. The molecule has 0 saturated carbocycles. The minimum Gasteiger partial charge on any atom is -0.369 e. The second-order valence-corrected chi connectivity index (χ2v) is 7.27. The van der Waals surface area contributed by atoms with E-state index < -0.39 is 0 Å². The molecule has 3 rings (SSSR count). The van der Waals surface area contributed by atoms with E-state index >= 15 is 0 Å². The predicted molar refractivity (Wildman–Crippen MR) is 87.5 cm³/mol. The fourth-order valence-corrected chi connectivity index (χ4v) is 3.91. The Labute approximate surface area is 135 Å². The first kappa shape index (κ1) is 15.6. The maximum absolute atomic E-state index is 12.3. The van der Waals surface area contributed by atoms with Crippen molar-refractivity contribution in [2.45, 2.75) is 38.3 Å². The Morgan fingerprint density at radius 2 is 2.32 bits per heavy atom. The summed E-state index contributed by atoms with van der Waals surface area (Å²) in [6.07, 6.45) is 3.91. The van der Waals surface area contributed by atoms with Crippen LogP contribution >= 0.6 is 11.3 Å². The number of anilines is 1. The number of carbonyl (C=O) groups excluding carboxylic acids is 1. The molecule has 2 saturated heterocycles. The molecule has 1 N–H and O–H groups in total. The lowest BCUT2D eigenvalue weighted by molar-refractivity contribution is -0.103. The molecule has 0 bridgehead atoms. The summed E-state index contributed by atoms with van der Waals surface area (Å²) >= 11 is 1.66. The third-order valence-corrected chi connectivity index (χ3v) is 5.01. The second kappa shape index (κ2) is 6.42. The van der Waals surface area contributed by atoms with Crippen molar-refractivity contribution in [1.82, 2.24) is 15.2 Å². The van der Waals surface area contributed by atoms with Crippen LogP contribution in [0.2, 0.25) is 0 Å². The number of ether oxygens (including phenoxy) is 1. The minimum absolute atomic E-state index is 0.0176. The van der Waals surface area contributed by atoms with Crippen LogP contribution in [0.5, 0.6) is 0 Å². The number of carbonyl (C=O) groups is 1. The van der Waals surface area contributed by atoms with Crippen LogP contribution < -0.4 is 10.2 Å². The van der Waals surface area contributed by atoms with Crippen LogP contribution in [-0.2, 0) is 4.74 Å². The average molecular weight is 324 g/mol. The number of hydrogen-bond acceptors (Lipinski definition) is 5. The number of aromatic nitrogens is 1. The highest BCUT2D eigenvalue weighted by Gasteiger charge is 2.42. The normalized spacial score (nSPS) is 25.8. The van der Waals surface area contributed by atoms with Gasteiger partial charge in [-0.25, -0.2) is 9.78 Å². The molecule has 0 aromatic carbocycles. The molecule has 2 fully saturated rings. The zero-order valence-electron chi connectivity index (χ0n) is 13.2. The van der Waals surface area contributed by atoms with Gasteiger partial charge in [-0.1, -0.05) is 0 Å². The van der Waals surface area contributed by atoms with Crippen LogP contribution in [0.1, 0.15) is 26.7 Å². The summed E-state index contributed by atoms with van der Waals surface area (Å²) in [7, 11) is 0. The molecule has 7 heteroatoms. The number of piperidine rings is 1. The molecule has 1 atom stereocenters. The van der Waals surface area contributed by atoms with Crippen LogP contribution in [0.4, 0.5) is 9.93 Å². The molecule has 1 unspecified atom stereocenters. The van der Waals surface area contributed by atoms with Crippen LogP contribution in [0.3, 0.4) is 0 Å². The van der Waals surface area contributed by atoms with E-state index in [9.17, 15) is 4.79 Å². The van der Waals surface area contributed by atoms with Crippen molar-refractivity contribution in [3.8, 4) is 0 Å². The topological polar surface area (TPSA) is 57.7 Å². The van der Waals surface area contributed by atoms with Gasteiger partial charge in [-0.05, 0) is 26.7 Å². The average Bonchev–Trinajstić information content (AvgIpc) is 3.01. The van der Waals surface area contributed by atoms with E-state index in [-0.39, 0.29) is 17.7 Å². The highest BCUT2D eigenvalue weighted by atomic mass is 32.1. The number of morpholine rings is 1. The highest BCUT2D eigenvalue weighted by Crippen LogP contribution is 2.32. The Hall–Kier alpha value is -1.34. The first-order valence-corrected chi connectivity index (χ1v) is 8.80. The first-order chi connectivity index (χ1) is 10.6. The largest absolute Gasteiger partial charge is 0.369 e. The fourth-order valence-electron chi connectivity index (χ4n) is 3.24. The van der Waals surface area contributed by atoms with E-state index in [2.05, 4.69) is 15.2 Å². The van der Waals surface area contributed by atoms with E-state index in [0.29, 0.717) is 19.7 Å². The lowest BCUT2D eigenvalue weighted by atomic mass is 9.91. The van der Waals surface area contributed by atoms with Gasteiger partial charge in [0.25, 0.3) is 0 Å². The van der Waals surface area contributed by atoms with Crippen LogP contribution in [0, 0.1) is 0 Å². The molecule has 2 aliphatic heterocycles.